The summed E-state index contributed by atoms with van der Waals surface area (Å²) in [4.78, 5) is 18.4. The third-order valence-electron chi connectivity index (χ3n) is 3.96. The lowest BCUT2D eigenvalue weighted by Crippen LogP contribution is -2.39. The molecule has 22 heavy (non-hydrogen) atoms. The zero-order valence-electron chi connectivity index (χ0n) is 12.1. The highest BCUT2D eigenvalue weighted by molar-refractivity contribution is 7.71. The van der Waals surface area contributed by atoms with E-state index in [-0.39, 0.29) is 11.8 Å². The second kappa shape index (κ2) is 6.18. The van der Waals surface area contributed by atoms with E-state index in [0.717, 1.165) is 25.2 Å². The van der Waals surface area contributed by atoms with E-state index in [2.05, 4.69) is 15.2 Å². The molecule has 0 spiro atoms. The van der Waals surface area contributed by atoms with Crippen molar-refractivity contribution in [1.82, 2.24) is 24.6 Å². The van der Waals surface area contributed by atoms with Crippen molar-refractivity contribution in [2.45, 2.75) is 18.8 Å². The fourth-order valence-corrected chi connectivity index (χ4v) is 3.03. The molecule has 0 aromatic carbocycles. The first-order valence-corrected chi connectivity index (χ1v) is 7.87. The summed E-state index contributed by atoms with van der Waals surface area (Å²) in [7, 11) is 1.89. The lowest BCUT2D eigenvalue weighted by Gasteiger charge is -2.32. The van der Waals surface area contributed by atoms with Gasteiger partial charge in [0, 0.05) is 32.3 Å². The second-order valence-corrected chi connectivity index (χ2v) is 6.18. The zero-order chi connectivity index (χ0) is 15.7. The van der Waals surface area contributed by atoms with Gasteiger partial charge in [-0.3, -0.25) is 9.89 Å². The number of halogens is 1. The molecule has 0 aliphatic carbocycles. The van der Waals surface area contributed by atoms with Gasteiger partial charge < -0.3 is 9.47 Å². The third-order valence-corrected chi connectivity index (χ3v) is 4.55. The third kappa shape index (κ3) is 2.91. The number of nitrogens with one attached hydrogen (secondary N) is 1. The van der Waals surface area contributed by atoms with Gasteiger partial charge in [-0.1, -0.05) is 11.6 Å². The summed E-state index contributed by atoms with van der Waals surface area (Å²) in [6.45, 7) is 1.38. The van der Waals surface area contributed by atoms with Crippen molar-refractivity contribution < 1.29 is 4.79 Å². The molecule has 1 fully saturated rings. The number of nitrogens with zero attached hydrogens (tertiary/aromatic N) is 4. The minimum Gasteiger partial charge on any atom is -0.338 e. The van der Waals surface area contributed by atoms with Crippen LogP contribution in [0.15, 0.2) is 18.3 Å². The van der Waals surface area contributed by atoms with Crippen LogP contribution in [0.3, 0.4) is 0 Å². The van der Waals surface area contributed by atoms with Crippen LogP contribution in [0, 0.1) is 4.77 Å². The molecule has 2 aromatic rings. The molecule has 6 nitrogen and oxygen atoms in total. The Morgan fingerprint density at radius 3 is 2.95 bits per heavy atom. The van der Waals surface area contributed by atoms with E-state index in [1.54, 1.807) is 12.1 Å². The van der Waals surface area contributed by atoms with E-state index in [1.165, 1.54) is 6.20 Å². The van der Waals surface area contributed by atoms with Crippen molar-refractivity contribution in [2.24, 2.45) is 7.05 Å². The van der Waals surface area contributed by atoms with Crippen molar-refractivity contribution in [1.29, 1.82) is 0 Å². The summed E-state index contributed by atoms with van der Waals surface area (Å²) >= 11 is 10.9. The molecule has 1 atom stereocenters. The predicted molar refractivity (Wildman–Crippen MR) is 85.5 cm³/mol. The van der Waals surface area contributed by atoms with E-state index in [4.69, 9.17) is 23.8 Å². The number of hydrogen-bond acceptors (Lipinski definition) is 4. The molecule has 1 unspecified atom stereocenters. The topological polar surface area (TPSA) is 66.8 Å². The first kappa shape index (κ1) is 15.2. The molecule has 1 aliphatic rings. The number of hydrogen-bond donors (Lipinski definition) is 1. The average molecular weight is 338 g/mol. The SMILES string of the molecule is Cn1c(C2CCCN(C(=O)c3ccc(Cl)nc3)C2)n[nH]c1=S. The number of piperidine rings is 1. The number of H-pyrrole nitrogens is 1. The molecule has 3 heterocycles. The number of pyridine rings is 1. The number of likely N-dealkylation sites (tertiary alicyclic amines) is 1. The molecule has 3 rings (SSSR count). The standard InChI is InChI=1S/C14H16ClN5OS/c1-19-12(17-18-14(19)22)10-3-2-6-20(8-10)13(21)9-4-5-11(15)16-7-9/h4-5,7,10H,2-3,6,8H2,1H3,(H,18,22). The highest BCUT2D eigenvalue weighted by atomic mass is 35.5. The molecular formula is C14H16ClN5OS. The Bertz CT molecular complexity index is 738. The van der Waals surface area contributed by atoms with E-state index < -0.39 is 0 Å². The van der Waals surface area contributed by atoms with Gasteiger partial charge in [-0.15, -0.1) is 0 Å². The molecule has 1 aliphatic heterocycles. The van der Waals surface area contributed by atoms with Gasteiger partial charge in [-0.05, 0) is 37.2 Å². The van der Waals surface area contributed by atoms with Gasteiger partial charge >= 0.3 is 0 Å². The van der Waals surface area contributed by atoms with Crippen LogP contribution in [0.1, 0.15) is 34.9 Å². The largest absolute Gasteiger partial charge is 0.338 e. The first-order chi connectivity index (χ1) is 10.6. The number of rotatable bonds is 2. The average Bonchev–Trinajstić information content (AvgIpc) is 2.87. The minimum atomic E-state index is -0.0225. The fraction of sp³-hybridized carbons (Fsp3) is 0.429. The van der Waals surface area contributed by atoms with Crippen molar-refractivity contribution in [3.63, 3.8) is 0 Å². The summed E-state index contributed by atoms with van der Waals surface area (Å²) < 4.78 is 2.47. The highest BCUT2D eigenvalue weighted by Crippen LogP contribution is 2.26. The molecule has 1 amide bonds. The van der Waals surface area contributed by atoms with Crippen LogP contribution in [-0.2, 0) is 7.05 Å². The Morgan fingerprint density at radius 1 is 1.50 bits per heavy atom. The molecular weight excluding hydrogens is 322 g/mol. The molecule has 116 valence electrons. The molecule has 0 radical (unpaired) electrons. The van der Waals surface area contributed by atoms with Gasteiger partial charge in [0.1, 0.15) is 11.0 Å². The smallest absolute Gasteiger partial charge is 0.255 e. The Morgan fingerprint density at radius 2 is 2.32 bits per heavy atom. The Kier molecular flexibility index (Phi) is 4.26. The summed E-state index contributed by atoms with van der Waals surface area (Å²) in [6, 6.07) is 3.34. The zero-order valence-corrected chi connectivity index (χ0v) is 13.7. The molecule has 2 aromatic heterocycles. The number of aromatic nitrogens is 4. The van der Waals surface area contributed by atoms with Crippen LogP contribution < -0.4 is 0 Å². The van der Waals surface area contributed by atoms with Crippen LogP contribution in [0.4, 0.5) is 0 Å². The fourth-order valence-electron chi connectivity index (χ4n) is 2.78. The normalized spacial score (nSPS) is 18.5. The van der Waals surface area contributed by atoms with E-state index in [9.17, 15) is 4.79 Å². The molecule has 0 saturated carbocycles. The van der Waals surface area contributed by atoms with Crippen molar-refractivity contribution in [2.75, 3.05) is 13.1 Å². The van der Waals surface area contributed by atoms with Gasteiger partial charge in [0.2, 0.25) is 0 Å². The van der Waals surface area contributed by atoms with Crippen LogP contribution >= 0.6 is 23.8 Å². The molecule has 1 N–H and O–H groups in total. The van der Waals surface area contributed by atoms with Crippen molar-refractivity contribution in [3.8, 4) is 0 Å². The van der Waals surface area contributed by atoms with Gasteiger partial charge in [0.05, 0.1) is 5.56 Å². The predicted octanol–water partition coefficient (Wildman–Crippen LogP) is 2.55. The maximum absolute atomic E-state index is 12.6. The Balaban J connectivity index is 1.78. The quantitative estimate of drug-likeness (QED) is 0.675. The molecule has 8 heteroatoms. The monoisotopic (exact) mass is 337 g/mol. The van der Waals surface area contributed by atoms with Gasteiger partial charge in [-0.2, -0.15) is 5.10 Å². The first-order valence-electron chi connectivity index (χ1n) is 7.08. The van der Waals surface area contributed by atoms with Crippen molar-refractivity contribution in [3.05, 3.63) is 39.6 Å². The summed E-state index contributed by atoms with van der Waals surface area (Å²) in [5.41, 5.74) is 0.556. The molecule has 0 bridgehead atoms. The van der Waals surface area contributed by atoms with Crippen LogP contribution in [0.5, 0.6) is 0 Å². The van der Waals surface area contributed by atoms with Crippen LogP contribution in [0.2, 0.25) is 5.15 Å². The molecule has 1 saturated heterocycles. The number of carbonyl (C=O) groups excluding carboxylic acids is 1. The number of carbonyl (C=O) groups is 1. The van der Waals surface area contributed by atoms with E-state index >= 15 is 0 Å². The van der Waals surface area contributed by atoms with Gasteiger partial charge in [0.25, 0.3) is 5.91 Å². The van der Waals surface area contributed by atoms with E-state index in [0.29, 0.717) is 22.0 Å². The van der Waals surface area contributed by atoms with Crippen LogP contribution in [-0.4, -0.2) is 43.6 Å². The van der Waals surface area contributed by atoms with Gasteiger partial charge in [0.15, 0.2) is 4.77 Å². The lowest BCUT2D eigenvalue weighted by molar-refractivity contribution is 0.0703. The van der Waals surface area contributed by atoms with E-state index in [1.807, 2.05) is 16.5 Å². The Hall–Kier alpha value is -1.73. The summed E-state index contributed by atoms with van der Waals surface area (Å²) in [6.07, 6.45) is 3.46. The second-order valence-electron chi connectivity index (χ2n) is 5.41. The summed E-state index contributed by atoms with van der Waals surface area (Å²) in [5.74, 6) is 1.07. The maximum Gasteiger partial charge on any atom is 0.255 e. The van der Waals surface area contributed by atoms with Crippen molar-refractivity contribution >= 4 is 29.7 Å². The number of aromatic amines is 1. The van der Waals surface area contributed by atoms with Crippen LogP contribution in [0.25, 0.3) is 0 Å². The summed E-state index contributed by atoms with van der Waals surface area (Å²) in [5, 5.41) is 7.48. The number of amides is 1. The highest BCUT2D eigenvalue weighted by Gasteiger charge is 2.28. The maximum atomic E-state index is 12.6. The minimum absolute atomic E-state index is 0.0225. The lowest BCUT2D eigenvalue weighted by atomic mass is 9.96. The van der Waals surface area contributed by atoms with Gasteiger partial charge in [-0.25, -0.2) is 4.98 Å². The Labute approximate surface area is 138 Å².